The van der Waals surface area contributed by atoms with E-state index in [2.05, 4.69) is 4.57 Å². The van der Waals surface area contributed by atoms with Crippen LogP contribution in [-0.4, -0.2) is 16.6 Å². The van der Waals surface area contributed by atoms with Crippen LogP contribution in [-0.2, 0) is 7.05 Å². The molecule has 1 aromatic heterocycles. The summed E-state index contributed by atoms with van der Waals surface area (Å²) in [7, 11) is 3.62. The SMILES string of the molecule is COc1ccc2c(c1)c(Sc1ccccc1[N+](=O)[O-])c(C)n2C. The van der Waals surface area contributed by atoms with Crippen molar-refractivity contribution in [3.8, 4) is 5.75 Å². The molecule has 0 saturated carbocycles. The predicted molar refractivity (Wildman–Crippen MR) is 91.4 cm³/mol. The molecule has 0 saturated heterocycles. The summed E-state index contributed by atoms with van der Waals surface area (Å²) in [6.07, 6.45) is 0. The summed E-state index contributed by atoms with van der Waals surface area (Å²) in [6, 6.07) is 12.7. The van der Waals surface area contributed by atoms with Gasteiger partial charge < -0.3 is 9.30 Å². The predicted octanol–water partition coefficient (Wildman–Crippen LogP) is 4.55. The lowest BCUT2D eigenvalue weighted by atomic mass is 10.2. The Morgan fingerprint density at radius 1 is 1.22 bits per heavy atom. The van der Waals surface area contributed by atoms with Crippen molar-refractivity contribution in [1.29, 1.82) is 0 Å². The van der Waals surface area contributed by atoms with Crippen LogP contribution >= 0.6 is 11.8 Å². The van der Waals surface area contributed by atoms with Gasteiger partial charge in [0.1, 0.15) is 5.75 Å². The highest BCUT2D eigenvalue weighted by molar-refractivity contribution is 7.99. The zero-order valence-corrected chi connectivity index (χ0v) is 13.9. The standard InChI is InChI=1S/C17H16N2O3S/c1-11-17(23-16-7-5-4-6-15(16)19(20)21)13-10-12(22-3)8-9-14(13)18(11)2/h4-10H,1-3H3. The molecule has 0 fully saturated rings. The molecule has 118 valence electrons. The molecule has 0 aliphatic carbocycles. The van der Waals surface area contributed by atoms with E-state index in [4.69, 9.17) is 4.74 Å². The van der Waals surface area contributed by atoms with Crippen LogP contribution in [0.1, 0.15) is 5.69 Å². The molecule has 0 N–H and O–H groups in total. The van der Waals surface area contributed by atoms with Crippen molar-refractivity contribution in [2.75, 3.05) is 7.11 Å². The zero-order valence-electron chi connectivity index (χ0n) is 13.1. The Labute approximate surface area is 138 Å². The quantitative estimate of drug-likeness (QED) is 0.520. The number of rotatable bonds is 4. The first-order valence-corrected chi connectivity index (χ1v) is 7.89. The Balaban J connectivity index is 2.17. The van der Waals surface area contributed by atoms with Gasteiger partial charge in [0, 0.05) is 34.6 Å². The normalized spacial score (nSPS) is 10.9. The summed E-state index contributed by atoms with van der Waals surface area (Å²) in [5, 5.41) is 12.3. The van der Waals surface area contributed by atoms with Crippen LogP contribution in [0.15, 0.2) is 52.3 Å². The molecule has 1 heterocycles. The van der Waals surface area contributed by atoms with Crippen LogP contribution in [0.25, 0.3) is 10.9 Å². The van der Waals surface area contributed by atoms with Gasteiger partial charge in [-0.05, 0) is 31.2 Å². The highest BCUT2D eigenvalue weighted by atomic mass is 32.2. The molecule has 0 aliphatic rings. The van der Waals surface area contributed by atoms with Crippen LogP contribution in [0.5, 0.6) is 5.75 Å². The number of para-hydroxylation sites is 1. The van der Waals surface area contributed by atoms with E-state index in [1.807, 2.05) is 38.2 Å². The fraction of sp³-hybridized carbons (Fsp3) is 0.176. The van der Waals surface area contributed by atoms with E-state index >= 15 is 0 Å². The van der Waals surface area contributed by atoms with Gasteiger partial charge in [0.25, 0.3) is 5.69 Å². The van der Waals surface area contributed by atoms with Gasteiger partial charge in [-0.25, -0.2) is 0 Å². The smallest absolute Gasteiger partial charge is 0.283 e. The Morgan fingerprint density at radius 2 is 1.96 bits per heavy atom. The molecule has 0 radical (unpaired) electrons. The molecule has 2 aromatic carbocycles. The average molecular weight is 328 g/mol. The average Bonchev–Trinajstić information content (AvgIpc) is 2.79. The number of hydrogen-bond acceptors (Lipinski definition) is 4. The van der Waals surface area contributed by atoms with Crippen molar-refractivity contribution in [1.82, 2.24) is 4.57 Å². The molecule has 0 spiro atoms. The van der Waals surface area contributed by atoms with Crippen molar-refractivity contribution in [3.05, 3.63) is 58.3 Å². The number of methoxy groups -OCH3 is 1. The number of hydrogen-bond donors (Lipinski definition) is 0. The molecule has 23 heavy (non-hydrogen) atoms. The molecule has 0 amide bonds. The maximum atomic E-state index is 11.2. The highest BCUT2D eigenvalue weighted by Crippen LogP contribution is 2.42. The molecular formula is C17H16N2O3S. The zero-order chi connectivity index (χ0) is 16.6. The van der Waals surface area contributed by atoms with Crippen molar-refractivity contribution in [2.45, 2.75) is 16.7 Å². The molecule has 6 heteroatoms. The number of aromatic nitrogens is 1. The number of nitro benzene ring substituents is 1. The van der Waals surface area contributed by atoms with Gasteiger partial charge in [0.2, 0.25) is 0 Å². The molecular weight excluding hydrogens is 312 g/mol. The fourth-order valence-corrected chi connectivity index (χ4v) is 3.75. The summed E-state index contributed by atoms with van der Waals surface area (Å²) in [5.41, 5.74) is 2.26. The molecule has 0 atom stereocenters. The topological polar surface area (TPSA) is 57.3 Å². The van der Waals surface area contributed by atoms with Crippen LogP contribution in [0.2, 0.25) is 0 Å². The first kappa shape index (κ1) is 15.4. The van der Waals surface area contributed by atoms with Crippen molar-refractivity contribution >= 4 is 28.4 Å². The summed E-state index contributed by atoms with van der Waals surface area (Å²) in [4.78, 5) is 12.5. The lowest BCUT2D eigenvalue weighted by Crippen LogP contribution is -1.91. The van der Waals surface area contributed by atoms with Gasteiger partial charge in [0.15, 0.2) is 0 Å². The minimum atomic E-state index is -0.344. The summed E-state index contributed by atoms with van der Waals surface area (Å²) in [6.45, 7) is 2.02. The van der Waals surface area contributed by atoms with E-state index < -0.39 is 0 Å². The fourth-order valence-electron chi connectivity index (χ4n) is 2.58. The van der Waals surface area contributed by atoms with Crippen LogP contribution in [0, 0.1) is 17.0 Å². The second-order valence-corrected chi connectivity index (χ2v) is 6.24. The molecule has 0 aliphatic heterocycles. The van der Waals surface area contributed by atoms with E-state index in [0.29, 0.717) is 4.90 Å². The second-order valence-electron chi connectivity index (χ2n) is 5.18. The Morgan fingerprint density at radius 3 is 2.65 bits per heavy atom. The molecule has 0 unspecified atom stereocenters. The van der Waals surface area contributed by atoms with Gasteiger partial charge in [-0.2, -0.15) is 0 Å². The molecule has 0 bridgehead atoms. The molecule has 5 nitrogen and oxygen atoms in total. The van der Waals surface area contributed by atoms with Crippen molar-refractivity contribution < 1.29 is 9.66 Å². The van der Waals surface area contributed by atoms with Crippen LogP contribution in [0.3, 0.4) is 0 Å². The van der Waals surface area contributed by atoms with Gasteiger partial charge >= 0.3 is 0 Å². The third-order valence-electron chi connectivity index (χ3n) is 3.92. The number of ether oxygens (including phenoxy) is 1. The van der Waals surface area contributed by atoms with E-state index in [-0.39, 0.29) is 10.6 Å². The van der Waals surface area contributed by atoms with E-state index in [0.717, 1.165) is 27.2 Å². The summed E-state index contributed by atoms with van der Waals surface area (Å²) < 4.78 is 7.40. The number of nitrogens with zero attached hydrogens (tertiary/aromatic N) is 2. The number of fused-ring (bicyclic) bond motifs is 1. The third kappa shape index (κ3) is 2.66. The summed E-state index contributed by atoms with van der Waals surface area (Å²) >= 11 is 1.42. The minimum absolute atomic E-state index is 0.122. The first-order valence-electron chi connectivity index (χ1n) is 7.07. The maximum Gasteiger partial charge on any atom is 0.283 e. The van der Waals surface area contributed by atoms with E-state index in [1.165, 1.54) is 17.8 Å². The van der Waals surface area contributed by atoms with Gasteiger partial charge in [-0.3, -0.25) is 10.1 Å². The monoisotopic (exact) mass is 328 g/mol. The number of aryl methyl sites for hydroxylation is 1. The lowest BCUT2D eigenvalue weighted by Gasteiger charge is -2.04. The van der Waals surface area contributed by atoms with Gasteiger partial charge in [0.05, 0.1) is 16.9 Å². The Bertz CT molecular complexity index is 902. The maximum absolute atomic E-state index is 11.2. The van der Waals surface area contributed by atoms with E-state index in [9.17, 15) is 10.1 Å². The second kappa shape index (κ2) is 5.96. The van der Waals surface area contributed by atoms with Gasteiger partial charge in [-0.1, -0.05) is 23.9 Å². The highest BCUT2D eigenvalue weighted by Gasteiger charge is 2.19. The first-order chi connectivity index (χ1) is 11.0. The van der Waals surface area contributed by atoms with E-state index in [1.54, 1.807) is 19.2 Å². The van der Waals surface area contributed by atoms with Crippen molar-refractivity contribution in [2.24, 2.45) is 7.05 Å². The van der Waals surface area contributed by atoms with Gasteiger partial charge in [-0.15, -0.1) is 0 Å². The Kier molecular flexibility index (Phi) is 4.00. The minimum Gasteiger partial charge on any atom is -0.497 e. The third-order valence-corrected chi connectivity index (χ3v) is 5.20. The number of benzene rings is 2. The van der Waals surface area contributed by atoms with Crippen LogP contribution in [0.4, 0.5) is 5.69 Å². The number of nitro groups is 1. The largest absolute Gasteiger partial charge is 0.497 e. The summed E-state index contributed by atoms with van der Waals surface area (Å²) in [5.74, 6) is 0.771. The lowest BCUT2D eigenvalue weighted by molar-refractivity contribution is -0.387. The van der Waals surface area contributed by atoms with Crippen LogP contribution < -0.4 is 4.74 Å². The van der Waals surface area contributed by atoms with Crippen molar-refractivity contribution in [3.63, 3.8) is 0 Å². The molecule has 3 aromatic rings. The molecule has 3 rings (SSSR count). The Hall–Kier alpha value is -2.47.